The number of hydrogen-bond acceptors (Lipinski definition) is 8. The minimum Gasteiger partial charge on any atom is -0.379 e. The number of amidine groups is 2. The van der Waals surface area contributed by atoms with Crippen molar-refractivity contribution in [1.29, 1.82) is 0 Å². The largest absolute Gasteiger partial charge is 0.379 e. The minimum absolute atomic E-state index is 0. The molecule has 270 valence electrons. The molecule has 2 spiro atoms. The molecular weight excluding hydrogens is 752 g/mol. The first-order valence-corrected chi connectivity index (χ1v) is 19.6. The predicted octanol–water partition coefficient (Wildman–Crippen LogP) is 10.3. The second-order valence-corrected chi connectivity index (χ2v) is 13.9. The Kier molecular flexibility index (Phi) is 33.4. The van der Waals surface area contributed by atoms with E-state index in [1.165, 1.54) is 44.9 Å². The van der Waals surface area contributed by atoms with Crippen molar-refractivity contribution in [2.24, 2.45) is 27.4 Å². The van der Waals surface area contributed by atoms with Crippen LogP contribution in [0.5, 0.6) is 0 Å². The van der Waals surface area contributed by atoms with E-state index >= 15 is 0 Å². The number of carbonyl (C=O) groups is 1. The summed E-state index contributed by atoms with van der Waals surface area (Å²) in [6.07, 6.45) is 10.1. The van der Waals surface area contributed by atoms with Crippen molar-refractivity contribution < 1.29 is 6.22 Å². The van der Waals surface area contributed by atoms with Gasteiger partial charge in [-0.3, -0.25) is 26.5 Å². The smallest absolute Gasteiger partial charge is 0.257 e. The lowest BCUT2D eigenvalue weighted by Crippen LogP contribution is -2.47. The van der Waals surface area contributed by atoms with Crippen LogP contribution in [0.2, 0.25) is 0 Å². The lowest BCUT2D eigenvalue weighted by molar-refractivity contribution is 0.0977. The average Bonchev–Trinajstić information content (AvgIpc) is 2.96. The van der Waals surface area contributed by atoms with Gasteiger partial charge < -0.3 is 11.1 Å². The summed E-state index contributed by atoms with van der Waals surface area (Å²) >= 11 is 9.44. The minimum atomic E-state index is -0.0784. The molecule has 12 heteroatoms. The van der Waals surface area contributed by atoms with Gasteiger partial charge in [-0.05, 0) is 90.0 Å². The molecule has 1 aromatic carbocycles. The molecule has 0 unspecified atom stereocenters. The van der Waals surface area contributed by atoms with E-state index in [0.717, 1.165) is 16.8 Å². The van der Waals surface area contributed by atoms with Crippen molar-refractivity contribution in [2.75, 3.05) is 11.7 Å². The monoisotopic (exact) mass is 822 g/mol. The first kappa shape index (κ1) is 54.2. The third kappa shape index (κ3) is 18.8. The Labute approximate surface area is 311 Å². The van der Waals surface area contributed by atoms with Gasteiger partial charge >= 0.3 is 0 Å². The number of hydrazine groups is 1. The molecule has 2 aliphatic heterocycles. The molecule has 7 N–H and O–H groups in total. The molecule has 2 fully saturated rings. The Hall–Kier alpha value is -0.240. The summed E-state index contributed by atoms with van der Waals surface area (Å²) in [5.74, 6) is 11.6. The number of amides is 1. The lowest BCUT2D eigenvalue weighted by atomic mass is 9.76. The number of halogens is 2. The van der Waals surface area contributed by atoms with Crippen molar-refractivity contribution >= 4 is 85.1 Å². The number of nitrogens with zero attached hydrogens (tertiary/aromatic N) is 2. The van der Waals surface area contributed by atoms with Gasteiger partial charge in [-0.15, -0.1) is 0 Å². The van der Waals surface area contributed by atoms with Crippen molar-refractivity contribution in [3.8, 4) is 0 Å². The van der Waals surface area contributed by atoms with Crippen molar-refractivity contribution in [3.63, 3.8) is 0 Å². The standard InChI is InChI=1S/C16H20N2OS.C9H16N2S.2C2H6.2CH3Br.2CH4.H4N2.H2S.H2/c1-15(2)11-16(9-6-10-16)20-14(18-15)17-13(19)12-7-4-3-5-8-12;1-8(2)6-9(4-3-5-9)12-7(10)11-8;4*1-2;;;1-2;;/h3-5,7-8H,6,9-11H2,1-2H3,(H,17,18,19);3-6H2,1-2H3,(H2,10,11);2*1-2H3;2*1H3;2*1H4;1-2H2;1H2;1H/i;;;;;;;;;;1+2. The molecule has 1 amide bonds. The molecule has 45 heavy (non-hydrogen) atoms. The van der Waals surface area contributed by atoms with Crippen molar-refractivity contribution in [1.82, 2.24) is 5.32 Å². The maximum atomic E-state index is 12.2. The molecular formula is C33H70Br2N6OS3. The normalized spacial score (nSPS) is 19.1. The van der Waals surface area contributed by atoms with Gasteiger partial charge in [-0.25, -0.2) is 0 Å². The van der Waals surface area contributed by atoms with Crippen LogP contribution in [0.25, 0.3) is 0 Å². The van der Waals surface area contributed by atoms with Crippen LogP contribution >= 0.6 is 68.9 Å². The first-order valence-electron chi connectivity index (χ1n) is 14.8. The summed E-state index contributed by atoms with van der Waals surface area (Å²) in [4.78, 5) is 21.4. The Balaban J connectivity index is -0.000000134. The van der Waals surface area contributed by atoms with Gasteiger partial charge in [0.1, 0.15) is 0 Å². The molecule has 0 aromatic heterocycles. The number of hydrogen-bond donors (Lipinski definition) is 4. The van der Waals surface area contributed by atoms with E-state index in [2.05, 4.69) is 81.5 Å². The summed E-state index contributed by atoms with van der Waals surface area (Å²) in [6.45, 7) is 16.7. The van der Waals surface area contributed by atoms with Gasteiger partial charge in [0.05, 0.1) is 11.1 Å². The molecule has 0 bridgehead atoms. The molecule has 4 aliphatic rings. The highest BCUT2D eigenvalue weighted by molar-refractivity contribution is 9.09. The molecule has 1 aromatic rings. The van der Waals surface area contributed by atoms with E-state index in [0.29, 0.717) is 15.1 Å². The average molecular weight is 825 g/mol. The lowest BCUT2D eigenvalue weighted by Gasteiger charge is -2.48. The summed E-state index contributed by atoms with van der Waals surface area (Å²) in [6, 6.07) is 9.32. The Morgan fingerprint density at radius 1 is 0.778 bits per heavy atom. The Morgan fingerprint density at radius 2 is 1.16 bits per heavy atom. The van der Waals surface area contributed by atoms with E-state index in [9.17, 15) is 4.79 Å². The molecule has 2 aliphatic carbocycles. The predicted molar refractivity (Wildman–Crippen MR) is 225 cm³/mol. The van der Waals surface area contributed by atoms with Gasteiger partial charge in [-0.2, -0.15) is 13.5 Å². The van der Waals surface area contributed by atoms with Gasteiger partial charge in [0.25, 0.3) is 5.91 Å². The Bertz CT molecular complexity index is 947. The zero-order valence-electron chi connectivity index (χ0n) is 28.2. The van der Waals surface area contributed by atoms with E-state index in [1.54, 1.807) is 23.5 Å². The third-order valence-electron chi connectivity index (χ3n) is 6.75. The first-order chi connectivity index (χ1) is 20.0. The number of carbonyl (C=O) groups excluding carboxylic acids is 1. The molecule has 0 atom stereocenters. The van der Waals surface area contributed by atoms with Crippen LogP contribution in [0, 0.1) is 0 Å². The number of benzene rings is 1. The number of alkyl halides is 2. The van der Waals surface area contributed by atoms with E-state index < -0.39 is 0 Å². The molecule has 2 heterocycles. The summed E-state index contributed by atoms with van der Waals surface area (Å²) in [5, 5.41) is 4.57. The zero-order valence-corrected chi connectivity index (χ0v) is 34.0. The maximum Gasteiger partial charge on any atom is 0.257 e. The fourth-order valence-electron chi connectivity index (χ4n) is 5.29. The van der Waals surface area contributed by atoms with E-state index in [4.69, 9.17) is 10.7 Å². The quantitative estimate of drug-likeness (QED) is 0.127. The van der Waals surface area contributed by atoms with Gasteiger partial charge in [0.2, 0.25) is 0 Å². The fraction of sp³-hybridized carbons (Fsp3) is 0.727. The number of nitrogens with two attached hydrogens (primary N) is 3. The fourth-order valence-corrected chi connectivity index (χ4v) is 8.71. The number of aliphatic imine (C=N–C) groups is 2. The SMILES string of the molecule is C.C.CBr.CBr.CC.CC.CC1(C)CC2(CCC2)SC(N)=N1.CC1(C)CC2(CCC2)SC(NC(=O)c2ccccc2)=N1.NN.S.[3HH]. The summed E-state index contributed by atoms with van der Waals surface area (Å²) < 4.78 is 0.778. The van der Waals surface area contributed by atoms with Crippen LogP contribution in [0.4, 0.5) is 0 Å². The zero-order chi connectivity index (χ0) is 33.0. The second-order valence-electron chi connectivity index (χ2n) is 10.9. The topological polar surface area (TPSA) is 132 Å². The Morgan fingerprint density at radius 3 is 1.51 bits per heavy atom. The third-order valence-corrected chi connectivity index (χ3v) is 9.41. The second kappa shape index (κ2) is 27.7. The van der Waals surface area contributed by atoms with E-state index in [1.807, 2.05) is 69.7 Å². The highest BCUT2D eigenvalue weighted by Gasteiger charge is 2.47. The van der Waals surface area contributed by atoms with Crippen LogP contribution in [0.3, 0.4) is 0 Å². The van der Waals surface area contributed by atoms with Crippen LogP contribution in [0.1, 0.15) is 133 Å². The van der Waals surface area contributed by atoms with Crippen molar-refractivity contribution in [3.05, 3.63) is 35.9 Å². The number of rotatable bonds is 1. The molecule has 0 radical (unpaired) electrons. The van der Waals surface area contributed by atoms with Crippen LogP contribution in [-0.4, -0.2) is 48.5 Å². The van der Waals surface area contributed by atoms with Crippen LogP contribution in [-0.2, 0) is 0 Å². The van der Waals surface area contributed by atoms with Gasteiger partial charge in [-0.1, -0.05) is 129 Å². The van der Waals surface area contributed by atoms with Crippen LogP contribution < -0.4 is 22.7 Å². The molecule has 2 saturated carbocycles. The highest BCUT2D eigenvalue weighted by atomic mass is 79.9. The molecule has 0 saturated heterocycles. The number of thioether (sulfide) groups is 2. The summed E-state index contributed by atoms with van der Waals surface area (Å²) in [5.41, 5.74) is 6.49. The van der Waals surface area contributed by atoms with Crippen molar-refractivity contribution in [2.45, 2.75) is 142 Å². The van der Waals surface area contributed by atoms with Gasteiger partial charge in [0, 0.05) is 16.5 Å². The van der Waals surface area contributed by atoms with E-state index in [-0.39, 0.29) is 46.8 Å². The highest BCUT2D eigenvalue weighted by Crippen LogP contribution is 2.53. The number of nitrogens with one attached hydrogen (secondary N) is 1. The van der Waals surface area contributed by atoms with Gasteiger partial charge in [0.15, 0.2) is 10.3 Å². The van der Waals surface area contributed by atoms with Crippen LogP contribution in [0.15, 0.2) is 40.3 Å². The summed E-state index contributed by atoms with van der Waals surface area (Å²) in [7, 11) is 0. The molecule has 7 nitrogen and oxygen atoms in total. The molecule has 5 rings (SSSR count). The maximum absolute atomic E-state index is 12.2.